The summed E-state index contributed by atoms with van der Waals surface area (Å²) < 4.78 is 39.5. The van der Waals surface area contributed by atoms with Gasteiger partial charge in [-0.05, 0) is 80.7 Å². The molecule has 1 aliphatic carbocycles. The Morgan fingerprint density at radius 3 is 2.75 bits per heavy atom. The molecule has 3 aliphatic rings. The molecular formula is C29H25BF2N2O2. The fraction of sp³-hybridized carbons (Fsp3) is 0.241. The fourth-order valence-electron chi connectivity index (χ4n) is 5.56. The number of benzene rings is 1. The Balaban J connectivity index is 1.44. The Bertz CT molecular complexity index is 1720. The molecule has 0 spiro atoms. The van der Waals surface area contributed by atoms with E-state index >= 15 is 8.63 Å². The van der Waals surface area contributed by atoms with Crippen molar-refractivity contribution in [2.24, 2.45) is 0 Å². The van der Waals surface area contributed by atoms with Crippen LogP contribution in [-0.4, -0.2) is 21.6 Å². The van der Waals surface area contributed by atoms with Gasteiger partial charge >= 0.3 is 12.6 Å². The van der Waals surface area contributed by atoms with Gasteiger partial charge in [-0.15, -0.1) is 0 Å². The van der Waals surface area contributed by atoms with Crippen molar-refractivity contribution in [3.63, 3.8) is 0 Å². The van der Waals surface area contributed by atoms with E-state index in [2.05, 4.69) is 11.8 Å². The zero-order valence-corrected chi connectivity index (χ0v) is 20.5. The molecule has 3 aromatic rings. The Hall–Kier alpha value is -3.92. The van der Waals surface area contributed by atoms with Gasteiger partial charge < -0.3 is 22.0 Å². The maximum atomic E-state index is 15.8. The highest BCUT2D eigenvalue weighted by molar-refractivity contribution is 6.58. The highest BCUT2D eigenvalue weighted by atomic mass is 19.2. The van der Waals surface area contributed by atoms with Gasteiger partial charge in [0.15, 0.2) is 5.70 Å². The molecule has 0 radical (unpaired) electrons. The Morgan fingerprint density at radius 1 is 1.08 bits per heavy atom. The van der Waals surface area contributed by atoms with Crippen LogP contribution in [0.15, 0.2) is 50.8 Å². The van der Waals surface area contributed by atoms with E-state index in [1.165, 1.54) is 0 Å². The number of aromatic nitrogens is 1. The average molecular weight is 482 g/mol. The van der Waals surface area contributed by atoms with Crippen LogP contribution in [0.1, 0.15) is 66.8 Å². The van der Waals surface area contributed by atoms with Crippen molar-refractivity contribution < 1.29 is 17.5 Å². The molecule has 0 amide bonds. The molecule has 6 rings (SSSR count). The average Bonchev–Trinajstić information content (AvgIpc) is 3.29. The predicted octanol–water partition coefficient (Wildman–Crippen LogP) is 6.16. The summed E-state index contributed by atoms with van der Waals surface area (Å²) in [4.78, 5) is 12.8. The summed E-state index contributed by atoms with van der Waals surface area (Å²) in [5, 5.41) is 0.801. The molecule has 0 saturated carbocycles. The zero-order valence-electron chi connectivity index (χ0n) is 20.5. The summed E-state index contributed by atoms with van der Waals surface area (Å²) in [6.45, 7) is 1.29. The van der Waals surface area contributed by atoms with Crippen LogP contribution in [0.25, 0.3) is 29.2 Å². The smallest absolute Gasteiger partial charge is 0.422 e. The number of fused-ring (bicyclic) bond motifs is 4. The first-order chi connectivity index (χ1) is 17.2. The summed E-state index contributed by atoms with van der Waals surface area (Å²) in [6.07, 6.45) is 10.7. The van der Waals surface area contributed by atoms with Crippen LogP contribution in [-0.2, 0) is 6.42 Å². The summed E-state index contributed by atoms with van der Waals surface area (Å²) in [5.74, 6) is 6.36. The quantitative estimate of drug-likeness (QED) is 0.249. The lowest BCUT2D eigenvalue weighted by atomic mass is 9.89. The highest BCUT2D eigenvalue weighted by Crippen LogP contribution is 2.37. The summed E-state index contributed by atoms with van der Waals surface area (Å²) >= 11 is 0. The van der Waals surface area contributed by atoms with Crippen LogP contribution >= 0.6 is 0 Å². The zero-order chi connectivity index (χ0) is 25.2. The first-order valence-electron chi connectivity index (χ1n) is 12.3. The van der Waals surface area contributed by atoms with Crippen molar-refractivity contribution in [2.45, 2.75) is 46.5 Å². The van der Waals surface area contributed by atoms with Crippen molar-refractivity contribution in [1.82, 2.24) is 4.48 Å². The van der Waals surface area contributed by atoms with Crippen molar-refractivity contribution in [3.05, 3.63) is 85.7 Å². The van der Waals surface area contributed by atoms with Gasteiger partial charge in [0.05, 0.1) is 5.56 Å². The lowest BCUT2D eigenvalue weighted by molar-refractivity contribution is -0.362. The van der Waals surface area contributed by atoms with Gasteiger partial charge in [-0.3, -0.25) is 0 Å². The Morgan fingerprint density at radius 2 is 1.92 bits per heavy atom. The van der Waals surface area contributed by atoms with Gasteiger partial charge in [-0.2, -0.15) is 0 Å². The number of nitrogens with zero attached hydrogens (tertiary/aromatic N) is 2. The largest absolute Gasteiger partial charge is 0.737 e. The number of hydrogen-bond donors (Lipinski definition) is 0. The highest BCUT2D eigenvalue weighted by Gasteiger charge is 2.53. The topological polar surface area (TPSA) is 38.1 Å². The third kappa shape index (κ3) is 3.43. The molecule has 0 saturated heterocycles. The van der Waals surface area contributed by atoms with Crippen molar-refractivity contribution in [2.75, 3.05) is 0 Å². The van der Waals surface area contributed by atoms with E-state index in [0.717, 1.165) is 62.3 Å². The van der Waals surface area contributed by atoms with Crippen LogP contribution in [0, 0.1) is 18.8 Å². The van der Waals surface area contributed by atoms with E-state index < -0.39 is 12.6 Å². The molecule has 36 heavy (non-hydrogen) atoms. The molecule has 0 fully saturated rings. The lowest BCUT2D eigenvalue weighted by Gasteiger charge is -2.30. The Labute approximate surface area is 208 Å². The van der Waals surface area contributed by atoms with Crippen LogP contribution in [0.4, 0.5) is 8.63 Å². The lowest BCUT2D eigenvalue weighted by Crippen LogP contribution is -2.50. The summed E-state index contributed by atoms with van der Waals surface area (Å²) in [6, 6.07) is 7.37. The van der Waals surface area contributed by atoms with Gasteiger partial charge in [-0.25, -0.2) is 4.79 Å². The molecule has 2 aromatic heterocycles. The summed E-state index contributed by atoms with van der Waals surface area (Å²) in [5.41, 5.74) is 5.79. The third-order valence-corrected chi connectivity index (χ3v) is 7.31. The van der Waals surface area contributed by atoms with E-state index in [1.807, 2.05) is 32.1 Å². The van der Waals surface area contributed by atoms with Gasteiger partial charge in [0.25, 0.3) is 0 Å². The molecule has 4 nitrogen and oxygen atoms in total. The first kappa shape index (κ1) is 22.5. The number of hydrogen-bond acceptors (Lipinski definition) is 2. The molecule has 4 heterocycles. The van der Waals surface area contributed by atoms with Crippen LogP contribution in [0.3, 0.4) is 0 Å². The van der Waals surface area contributed by atoms with Gasteiger partial charge in [0, 0.05) is 53.4 Å². The van der Waals surface area contributed by atoms with Crippen LogP contribution < -0.4 is 5.63 Å². The van der Waals surface area contributed by atoms with E-state index in [0.29, 0.717) is 33.9 Å². The van der Waals surface area contributed by atoms with Crippen molar-refractivity contribution in [3.8, 4) is 11.8 Å². The van der Waals surface area contributed by atoms with Crippen LogP contribution in [0.2, 0.25) is 0 Å². The molecule has 7 heteroatoms. The molecule has 0 N–H and O–H groups in total. The van der Waals surface area contributed by atoms with Gasteiger partial charge in [0.2, 0.25) is 0 Å². The minimum Gasteiger partial charge on any atom is -0.422 e. The Kier molecular flexibility index (Phi) is 5.05. The van der Waals surface area contributed by atoms with Crippen molar-refractivity contribution >= 4 is 41.9 Å². The number of halogens is 2. The van der Waals surface area contributed by atoms with Gasteiger partial charge in [0.1, 0.15) is 11.3 Å². The van der Waals surface area contributed by atoms with E-state index in [4.69, 9.17) is 4.42 Å². The molecule has 180 valence electrons. The monoisotopic (exact) mass is 482 g/mol. The number of aryl methyl sites for hydroxylation is 2. The second-order valence-electron chi connectivity index (χ2n) is 9.84. The van der Waals surface area contributed by atoms with Crippen LogP contribution in [0.5, 0.6) is 0 Å². The first-order valence-corrected chi connectivity index (χ1v) is 12.3. The van der Waals surface area contributed by atoms with E-state index in [1.54, 1.807) is 37.3 Å². The molecule has 0 bridgehead atoms. The standard InChI is InChI=1S/C29H25BF2N2O2/c1-18-12-20(3)33-26(18)17-27-19(2)13-25(34(27)30(33,31)32)11-10-23-15-24-14-21-8-6-4-5-7-9-22(21)16-28(24)36-29(23)35/h10-17H,4-6,8H2,1-3H3/b11-10+. The minimum atomic E-state index is -4.08. The molecule has 1 aromatic carbocycles. The fourth-order valence-corrected chi connectivity index (χ4v) is 5.56. The second-order valence-corrected chi connectivity index (χ2v) is 9.84. The molecule has 2 aliphatic heterocycles. The van der Waals surface area contributed by atoms with E-state index in [-0.39, 0.29) is 0 Å². The molecule has 0 atom stereocenters. The second kappa shape index (κ2) is 8.06. The normalized spacial score (nSPS) is 18.1. The van der Waals surface area contributed by atoms with Gasteiger partial charge in [-0.1, -0.05) is 11.8 Å². The number of allylic oxidation sites excluding steroid dienone is 2. The minimum absolute atomic E-state index is 0.317. The number of rotatable bonds is 2. The predicted molar refractivity (Wildman–Crippen MR) is 141 cm³/mol. The SMILES string of the molecule is CC1=CC(C)=[N+]2C1=Cc1c(C)cc(/C=C/c3cc4cc5c(cc4oc3=O)C#CCCCC5)n1[B-]2(F)F. The molecular weight excluding hydrogens is 457 g/mol. The van der Waals surface area contributed by atoms with E-state index in [9.17, 15) is 4.79 Å². The third-order valence-electron chi connectivity index (χ3n) is 7.31. The maximum Gasteiger partial charge on any atom is 0.737 e. The summed E-state index contributed by atoms with van der Waals surface area (Å²) in [7, 11) is 0. The van der Waals surface area contributed by atoms with Crippen molar-refractivity contribution in [1.29, 1.82) is 0 Å². The maximum absolute atomic E-state index is 15.8. The molecule has 0 unspecified atom stereocenters.